The van der Waals surface area contributed by atoms with E-state index in [1.807, 2.05) is 6.07 Å². The molecule has 13 heteroatoms. The number of hydrogen-bond acceptors (Lipinski definition) is 11. The zero-order chi connectivity index (χ0) is 27.7. The lowest BCUT2D eigenvalue weighted by Gasteiger charge is -2.24. The van der Waals surface area contributed by atoms with Crippen LogP contribution < -0.4 is 5.32 Å². The molecule has 0 saturated heterocycles. The highest BCUT2D eigenvalue weighted by atomic mass is 31.2. The van der Waals surface area contributed by atoms with Gasteiger partial charge in [-0.05, 0) is 39.2 Å². The SMILES string of the molecule is CCOC(=O)CCC(OP(=O)(CC[C@H](NC(=O)OCc1ccccc1)C(=O)OCC)OC)C(=O)OCC. The summed E-state index contributed by atoms with van der Waals surface area (Å²) in [6, 6.07) is 7.71. The van der Waals surface area contributed by atoms with Crippen LogP contribution in [0.2, 0.25) is 0 Å². The Bertz CT molecular complexity index is 909. The number of rotatable bonds is 17. The number of hydrogen-bond donors (Lipinski definition) is 1. The van der Waals surface area contributed by atoms with E-state index in [2.05, 4.69) is 5.32 Å². The molecule has 1 N–H and O–H groups in total. The molecule has 0 aromatic heterocycles. The van der Waals surface area contributed by atoms with Crippen LogP contribution in [0.25, 0.3) is 0 Å². The van der Waals surface area contributed by atoms with Crippen molar-refractivity contribution in [1.29, 1.82) is 0 Å². The zero-order valence-electron chi connectivity index (χ0n) is 21.6. The molecule has 3 atom stereocenters. The highest BCUT2D eigenvalue weighted by molar-refractivity contribution is 7.53. The summed E-state index contributed by atoms with van der Waals surface area (Å²) < 4.78 is 43.8. The Hall–Kier alpha value is -2.95. The highest BCUT2D eigenvalue weighted by Crippen LogP contribution is 2.50. The van der Waals surface area contributed by atoms with Crippen molar-refractivity contribution in [2.75, 3.05) is 33.1 Å². The molecule has 2 unspecified atom stereocenters. The molecule has 1 aromatic carbocycles. The number of benzene rings is 1. The standard InChI is InChI=1S/C24H36NO11P/c1-5-32-21(26)14-13-20(23(28)34-7-3)36-37(30,31-4)16-15-19(22(27)33-6-2)25-24(29)35-17-18-11-9-8-10-12-18/h8-12,19-20H,5-7,13-17H2,1-4H3,(H,25,29)/t19-,20?,37?/m0/s1. The summed E-state index contributed by atoms with van der Waals surface area (Å²) in [5.74, 6) is -2.16. The maximum atomic E-state index is 13.3. The number of alkyl carbamates (subject to hydrolysis) is 1. The van der Waals surface area contributed by atoms with Crippen molar-refractivity contribution in [3.63, 3.8) is 0 Å². The predicted octanol–water partition coefficient (Wildman–Crippen LogP) is 3.37. The van der Waals surface area contributed by atoms with E-state index in [0.717, 1.165) is 12.7 Å². The van der Waals surface area contributed by atoms with Gasteiger partial charge < -0.3 is 28.8 Å². The van der Waals surface area contributed by atoms with Crippen LogP contribution in [0.5, 0.6) is 0 Å². The first-order valence-electron chi connectivity index (χ1n) is 12.0. The average Bonchev–Trinajstić information content (AvgIpc) is 2.88. The molecule has 1 aromatic rings. The van der Waals surface area contributed by atoms with E-state index in [1.54, 1.807) is 45.0 Å². The molecule has 0 aliphatic carbocycles. The summed E-state index contributed by atoms with van der Waals surface area (Å²) in [5.41, 5.74) is 0.746. The second-order valence-electron chi connectivity index (χ2n) is 7.51. The maximum absolute atomic E-state index is 13.3. The van der Waals surface area contributed by atoms with Crippen molar-refractivity contribution in [3.8, 4) is 0 Å². The molecule has 37 heavy (non-hydrogen) atoms. The van der Waals surface area contributed by atoms with Crippen LogP contribution in [0.15, 0.2) is 30.3 Å². The number of ether oxygens (including phenoxy) is 4. The van der Waals surface area contributed by atoms with E-state index in [1.165, 1.54) is 0 Å². The van der Waals surface area contributed by atoms with Crippen molar-refractivity contribution >= 4 is 31.6 Å². The summed E-state index contributed by atoms with van der Waals surface area (Å²) in [4.78, 5) is 48.8. The van der Waals surface area contributed by atoms with E-state index in [4.69, 9.17) is 28.0 Å². The minimum Gasteiger partial charge on any atom is -0.466 e. The Kier molecular flexibility index (Phi) is 15.2. The van der Waals surface area contributed by atoms with Gasteiger partial charge in [-0.1, -0.05) is 30.3 Å². The first-order valence-corrected chi connectivity index (χ1v) is 13.7. The number of carbonyl (C=O) groups excluding carboxylic acids is 4. The largest absolute Gasteiger partial charge is 0.466 e. The third-order valence-corrected chi connectivity index (χ3v) is 6.74. The molecule has 0 heterocycles. The molecule has 0 bridgehead atoms. The van der Waals surface area contributed by atoms with Crippen LogP contribution >= 0.6 is 7.60 Å². The van der Waals surface area contributed by atoms with Gasteiger partial charge in [0.25, 0.3) is 0 Å². The first-order chi connectivity index (χ1) is 17.7. The Morgan fingerprint density at radius 3 is 2.08 bits per heavy atom. The molecule has 1 rings (SSSR count). The van der Waals surface area contributed by atoms with Gasteiger partial charge in [-0.25, -0.2) is 14.4 Å². The average molecular weight is 546 g/mol. The first kappa shape index (κ1) is 32.1. The number of carbonyl (C=O) groups is 4. The minimum atomic E-state index is -3.98. The lowest BCUT2D eigenvalue weighted by molar-refractivity contribution is -0.153. The van der Waals surface area contributed by atoms with E-state index in [9.17, 15) is 23.7 Å². The third-order valence-electron chi connectivity index (χ3n) is 4.80. The highest BCUT2D eigenvalue weighted by Gasteiger charge is 2.35. The third kappa shape index (κ3) is 12.7. The van der Waals surface area contributed by atoms with Crippen LogP contribution in [0.1, 0.15) is 45.6 Å². The molecular weight excluding hydrogens is 509 g/mol. The summed E-state index contributed by atoms with van der Waals surface area (Å²) in [5, 5.41) is 2.40. The summed E-state index contributed by atoms with van der Waals surface area (Å²) >= 11 is 0. The Morgan fingerprint density at radius 2 is 1.49 bits per heavy atom. The van der Waals surface area contributed by atoms with Crippen LogP contribution in [-0.4, -0.2) is 69.2 Å². The summed E-state index contributed by atoms with van der Waals surface area (Å²) in [6.45, 7) is 5.05. The van der Waals surface area contributed by atoms with Gasteiger partial charge in [0.1, 0.15) is 12.6 Å². The van der Waals surface area contributed by atoms with Gasteiger partial charge in [-0.15, -0.1) is 0 Å². The zero-order valence-corrected chi connectivity index (χ0v) is 22.5. The van der Waals surface area contributed by atoms with Gasteiger partial charge in [0, 0.05) is 13.5 Å². The molecular formula is C24H36NO11P. The van der Waals surface area contributed by atoms with Crippen LogP contribution in [0, 0.1) is 0 Å². The smallest absolute Gasteiger partial charge is 0.408 e. The lowest BCUT2D eigenvalue weighted by Crippen LogP contribution is -2.42. The second-order valence-corrected chi connectivity index (χ2v) is 9.75. The molecule has 12 nitrogen and oxygen atoms in total. The van der Waals surface area contributed by atoms with Crippen molar-refractivity contribution in [2.45, 2.75) is 58.8 Å². The molecule has 0 aliphatic rings. The van der Waals surface area contributed by atoms with Gasteiger partial charge in [-0.2, -0.15) is 0 Å². The van der Waals surface area contributed by atoms with Crippen molar-refractivity contribution < 1.29 is 51.7 Å². The quantitative estimate of drug-likeness (QED) is 0.174. The van der Waals surface area contributed by atoms with Crippen LogP contribution in [-0.2, 0) is 53.6 Å². The topological polar surface area (TPSA) is 153 Å². The Balaban J connectivity index is 2.86. The Morgan fingerprint density at radius 1 is 0.865 bits per heavy atom. The van der Waals surface area contributed by atoms with Crippen molar-refractivity contribution in [1.82, 2.24) is 5.32 Å². The van der Waals surface area contributed by atoms with Crippen LogP contribution in [0.4, 0.5) is 4.79 Å². The Labute approximate surface area is 216 Å². The van der Waals surface area contributed by atoms with Crippen LogP contribution in [0.3, 0.4) is 0 Å². The van der Waals surface area contributed by atoms with E-state index < -0.39 is 43.7 Å². The van der Waals surface area contributed by atoms with E-state index in [0.29, 0.717) is 0 Å². The number of amides is 1. The molecule has 208 valence electrons. The fraction of sp³-hybridized carbons (Fsp3) is 0.583. The fourth-order valence-electron chi connectivity index (χ4n) is 3.00. The number of nitrogens with one attached hydrogen (secondary N) is 1. The van der Waals surface area contributed by atoms with Gasteiger partial charge in [0.15, 0.2) is 6.10 Å². The maximum Gasteiger partial charge on any atom is 0.408 e. The summed E-state index contributed by atoms with van der Waals surface area (Å²) in [6.07, 6.45) is -3.16. The second kappa shape index (κ2) is 17.5. The normalized spacial score (nSPS) is 13.9. The molecule has 0 spiro atoms. The molecule has 0 radical (unpaired) electrons. The molecule has 0 saturated carbocycles. The van der Waals surface area contributed by atoms with E-state index >= 15 is 0 Å². The monoisotopic (exact) mass is 545 g/mol. The van der Waals surface area contributed by atoms with E-state index in [-0.39, 0.29) is 51.9 Å². The van der Waals surface area contributed by atoms with Crippen molar-refractivity contribution in [2.24, 2.45) is 0 Å². The van der Waals surface area contributed by atoms with Gasteiger partial charge >= 0.3 is 31.6 Å². The summed E-state index contributed by atoms with van der Waals surface area (Å²) in [7, 11) is -2.86. The molecule has 0 fully saturated rings. The number of esters is 3. The van der Waals surface area contributed by atoms with Gasteiger partial charge in [0.2, 0.25) is 0 Å². The van der Waals surface area contributed by atoms with Gasteiger partial charge in [0.05, 0.1) is 26.0 Å². The lowest BCUT2D eigenvalue weighted by atomic mass is 10.2. The predicted molar refractivity (Wildman–Crippen MR) is 132 cm³/mol. The molecule has 0 aliphatic heterocycles. The van der Waals surface area contributed by atoms with Gasteiger partial charge in [-0.3, -0.25) is 13.9 Å². The minimum absolute atomic E-state index is 0.0242. The molecule has 1 amide bonds. The fourth-order valence-corrected chi connectivity index (χ4v) is 4.53. The van der Waals surface area contributed by atoms with Crippen molar-refractivity contribution in [3.05, 3.63) is 35.9 Å².